The second-order valence-corrected chi connectivity index (χ2v) is 7.27. The first kappa shape index (κ1) is 18.6. The zero-order chi connectivity index (χ0) is 17.5. The first-order valence-corrected chi connectivity index (χ1v) is 9.52. The van der Waals surface area contributed by atoms with Crippen molar-refractivity contribution in [1.82, 2.24) is 15.1 Å². The minimum Gasteiger partial charge on any atom is -0.355 e. The molecule has 0 aliphatic heterocycles. The second-order valence-electron chi connectivity index (χ2n) is 6.16. The fourth-order valence-electron chi connectivity index (χ4n) is 2.64. The van der Waals surface area contributed by atoms with Crippen LogP contribution in [0.25, 0.3) is 0 Å². The fourth-order valence-corrected chi connectivity index (χ4v) is 3.46. The van der Waals surface area contributed by atoms with Gasteiger partial charge in [-0.2, -0.15) is 16.9 Å². The van der Waals surface area contributed by atoms with Crippen LogP contribution in [0.4, 0.5) is 0 Å². The first-order chi connectivity index (χ1) is 11.5. The number of nitrogens with zero attached hydrogens (tertiary/aromatic N) is 2. The maximum Gasteiger partial charge on any atom is 0.220 e. The van der Waals surface area contributed by atoms with Gasteiger partial charge in [-0.1, -0.05) is 29.8 Å². The molecule has 1 aromatic heterocycles. The van der Waals surface area contributed by atoms with E-state index in [9.17, 15) is 4.79 Å². The van der Waals surface area contributed by atoms with Gasteiger partial charge in [-0.05, 0) is 38.3 Å². The Morgan fingerprint density at radius 1 is 1.21 bits per heavy atom. The third-order valence-electron chi connectivity index (χ3n) is 4.22. The number of rotatable bonds is 8. The maximum absolute atomic E-state index is 12.0. The van der Waals surface area contributed by atoms with Crippen molar-refractivity contribution in [1.29, 1.82) is 0 Å². The van der Waals surface area contributed by atoms with E-state index < -0.39 is 0 Å². The molecule has 1 aromatic carbocycles. The maximum atomic E-state index is 12.0. The highest BCUT2D eigenvalue weighted by molar-refractivity contribution is 7.98. The summed E-state index contributed by atoms with van der Waals surface area (Å²) in [5, 5.41) is 7.40. The summed E-state index contributed by atoms with van der Waals surface area (Å²) in [6.45, 7) is 6.87. The van der Waals surface area contributed by atoms with Crippen LogP contribution in [0.15, 0.2) is 24.3 Å². The van der Waals surface area contributed by atoms with Crippen molar-refractivity contribution in [3.63, 3.8) is 0 Å². The molecule has 0 fully saturated rings. The van der Waals surface area contributed by atoms with E-state index in [0.29, 0.717) is 6.42 Å². The molecule has 130 valence electrons. The third kappa shape index (κ3) is 5.41. The summed E-state index contributed by atoms with van der Waals surface area (Å²) in [5.41, 5.74) is 5.99. The van der Waals surface area contributed by atoms with E-state index in [0.717, 1.165) is 35.9 Å². The third-order valence-corrected chi connectivity index (χ3v) is 5.25. The monoisotopic (exact) mass is 345 g/mol. The molecule has 1 amide bonds. The SMILES string of the molecule is Cc1ccc(CSCCNC(=O)CCc2c(C)nn(C)c2C)cc1. The lowest BCUT2D eigenvalue weighted by Gasteiger charge is -2.06. The molecule has 2 aromatic rings. The van der Waals surface area contributed by atoms with Crippen LogP contribution in [0.5, 0.6) is 0 Å². The predicted molar refractivity (Wildman–Crippen MR) is 101 cm³/mol. The molecule has 0 unspecified atom stereocenters. The number of carbonyl (C=O) groups excluding carboxylic acids is 1. The lowest BCUT2D eigenvalue weighted by molar-refractivity contribution is -0.120. The molecule has 2 rings (SSSR count). The van der Waals surface area contributed by atoms with Gasteiger partial charge in [0.15, 0.2) is 0 Å². The summed E-state index contributed by atoms with van der Waals surface area (Å²) in [5.74, 6) is 2.04. The largest absolute Gasteiger partial charge is 0.355 e. The van der Waals surface area contributed by atoms with E-state index >= 15 is 0 Å². The van der Waals surface area contributed by atoms with E-state index in [1.807, 2.05) is 30.4 Å². The van der Waals surface area contributed by atoms with Crippen molar-refractivity contribution in [3.8, 4) is 0 Å². The number of carbonyl (C=O) groups is 1. The minimum absolute atomic E-state index is 0.119. The topological polar surface area (TPSA) is 46.9 Å². The van der Waals surface area contributed by atoms with Crippen LogP contribution in [-0.4, -0.2) is 28.0 Å². The molecule has 0 aliphatic carbocycles. The average Bonchev–Trinajstić information content (AvgIpc) is 2.79. The minimum atomic E-state index is 0.119. The van der Waals surface area contributed by atoms with E-state index in [2.05, 4.69) is 48.5 Å². The number of thioether (sulfide) groups is 1. The van der Waals surface area contributed by atoms with Crippen LogP contribution in [0, 0.1) is 20.8 Å². The number of hydrogen-bond donors (Lipinski definition) is 1. The van der Waals surface area contributed by atoms with Crippen molar-refractivity contribution in [3.05, 3.63) is 52.3 Å². The molecule has 24 heavy (non-hydrogen) atoms. The first-order valence-electron chi connectivity index (χ1n) is 8.36. The zero-order valence-corrected chi connectivity index (χ0v) is 15.9. The molecular weight excluding hydrogens is 318 g/mol. The van der Waals surface area contributed by atoms with Crippen molar-refractivity contribution >= 4 is 17.7 Å². The molecule has 5 heteroatoms. The lowest BCUT2D eigenvalue weighted by Crippen LogP contribution is -2.26. The number of aromatic nitrogens is 2. The van der Waals surface area contributed by atoms with Crippen LogP contribution in [-0.2, 0) is 24.0 Å². The molecular formula is C19H27N3OS. The van der Waals surface area contributed by atoms with E-state index in [-0.39, 0.29) is 5.91 Å². The molecule has 0 radical (unpaired) electrons. The molecule has 0 saturated heterocycles. The molecule has 0 saturated carbocycles. The van der Waals surface area contributed by atoms with Crippen LogP contribution in [0.3, 0.4) is 0 Å². The van der Waals surface area contributed by atoms with Crippen molar-refractivity contribution < 1.29 is 4.79 Å². The van der Waals surface area contributed by atoms with Crippen molar-refractivity contribution in [2.45, 2.75) is 39.4 Å². The second kappa shape index (κ2) is 8.92. The number of aryl methyl sites for hydroxylation is 3. The van der Waals surface area contributed by atoms with E-state index in [1.54, 1.807) is 0 Å². The van der Waals surface area contributed by atoms with Gasteiger partial charge in [-0.25, -0.2) is 0 Å². The Labute approximate surface area is 149 Å². The Morgan fingerprint density at radius 3 is 2.54 bits per heavy atom. The summed E-state index contributed by atoms with van der Waals surface area (Å²) >= 11 is 1.85. The average molecular weight is 346 g/mol. The molecule has 0 spiro atoms. The van der Waals surface area contributed by atoms with Gasteiger partial charge < -0.3 is 5.32 Å². The molecule has 0 bridgehead atoms. The van der Waals surface area contributed by atoms with E-state index in [1.165, 1.54) is 16.7 Å². The zero-order valence-electron chi connectivity index (χ0n) is 15.1. The highest BCUT2D eigenvalue weighted by atomic mass is 32.2. The van der Waals surface area contributed by atoms with Gasteiger partial charge >= 0.3 is 0 Å². The Bertz CT molecular complexity index is 677. The van der Waals surface area contributed by atoms with Gasteiger partial charge in [0.25, 0.3) is 0 Å². The summed E-state index contributed by atoms with van der Waals surface area (Å²) < 4.78 is 1.88. The van der Waals surface area contributed by atoms with Gasteiger partial charge in [0.1, 0.15) is 0 Å². The van der Waals surface area contributed by atoms with Crippen LogP contribution in [0.1, 0.15) is 34.5 Å². The molecule has 0 aliphatic rings. The van der Waals surface area contributed by atoms with Crippen LogP contribution >= 0.6 is 11.8 Å². The fraction of sp³-hybridized carbons (Fsp3) is 0.474. The van der Waals surface area contributed by atoms with Crippen LogP contribution < -0.4 is 5.32 Å². The van der Waals surface area contributed by atoms with Gasteiger partial charge in [0.05, 0.1) is 5.69 Å². The summed E-state index contributed by atoms with van der Waals surface area (Å²) in [7, 11) is 1.94. The Kier molecular flexibility index (Phi) is 6.91. The highest BCUT2D eigenvalue weighted by Crippen LogP contribution is 2.14. The summed E-state index contributed by atoms with van der Waals surface area (Å²) in [6, 6.07) is 8.61. The molecule has 1 N–H and O–H groups in total. The van der Waals surface area contributed by atoms with Gasteiger partial charge in [0.2, 0.25) is 5.91 Å². The van der Waals surface area contributed by atoms with Crippen molar-refractivity contribution in [2.24, 2.45) is 7.05 Å². The lowest BCUT2D eigenvalue weighted by atomic mass is 10.1. The smallest absolute Gasteiger partial charge is 0.220 e. The van der Waals surface area contributed by atoms with Gasteiger partial charge in [-0.15, -0.1) is 0 Å². The number of benzene rings is 1. The Morgan fingerprint density at radius 2 is 1.92 bits per heavy atom. The predicted octanol–water partition coefficient (Wildman–Crippen LogP) is 3.33. The molecule has 4 nitrogen and oxygen atoms in total. The molecule has 0 atom stereocenters. The normalized spacial score (nSPS) is 10.8. The number of amides is 1. The Hall–Kier alpha value is -1.75. The number of nitrogens with one attached hydrogen (secondary N) is 1. The Balaban J connectivity index is 1.62. The quantitative estimate of drug-likeness (QED) is 0.747. The number of hydrogen-bond acceptors (Lipinski definition) is 3. The summed E-state index contributed by atoms with van der Waals surface area (Å²) in [4.78, 5) is 12.0. The standard InChI is InChI=1S/C19H27N3OS/c1-14-5-7-17(8-6-14)13-24-12-11-20-19(23)10-9-18-15(2)21-22(4)16(18)3/h5-8H,9-13H2,1-4H3,(H,20,23). The highest BCUT2D eigenvalue weighted by Gasteiger charge is 2.11. The summed E-state index contributed by atoms with van der Waals surface area (Å²) in [6.07, 6.45) is 1.28. The van der Waals surface area contributed by atoms with Gasteiger partial charge in [0, 0.05) is 37.2 Å². The van der Waals surface area contributed by atoms with Crippen LogP contribution in [0.2, 0.25) is 0 Å². The van der Waals surface area contributed by atoms with Crippen molar-refractivity contribution in [2.75, 3.05) is 12.3 Å². The molecule has 1 heterocycles. The van der Waals surface area contributed by atoms with Gasteiger partial charge in [-0.3, -0.25) is 9.48 Å². The van der Waals surface area contributed by atoms with E-state index in [4.69, 9.17) is 0 Å².